The lowest BCUT2D eigenvalue weighted by Gasteiger charge is -2.31. The number of piperidine rings is 1. The molecular formula is C24H27ClN2O4. The first-order chi connectivity index (χ1) is 15.1. The summed E-state index contributed by atoms with van der Waals surface area (Å²) in [6, 6.07) is 12.8. The maximum atomic E-state index is 11.3. The fourth-order valence-corrected chi connectivity index (χ4v) is 4.16. The summed E-state index contributed by atoms with van der Waals surface area (Å²) in [5, 5.41) is 6.06. The van der Waals surface area contributed by atoms with E-state index in [2.05, 4.69) is 10.1 Å². The summed E-state index contributed by atoms with van der Waals surface area (Å²) in [6.45, 7) is 5.52. The predicted molar refractivity (Wildman–Crippen MR) is 120 cm³/mol. The van der Waals surface area contributed by atoms with Crippen LogP contribution in [0.4, 0.5) is 0 Å². The number of nitrogens with zero attached hydrogens (tertiary/aromatic N) is 2. The lowest BCUT2D eigenvalue weighted by Crippen LogP contribution is -2.34. The molecule has 0 spiro atoms. The molecule has 0 atom stereocenters. The first-order valence-corrected chi connectivity index (χ1v) is 11.1. The number of likely N-dealkylation sites (tertiary alicyclic amines) is 1. The Bertz CT molecular complexity index is 1010. The van der Waals surface area contributed by atoms with Crippen LogP contribution in [0.3, 0.4) is 0 Å². The largest absolute Gasteiger partial charge is 0.468 e. The molecule has 6 nitrogen and oxygen atoms in total. The first kappa shape index (κ1) is 21.8. The van der Waals surface area contributed by atoms with Gasteiger partial charge >= 0.3 is 0 Å². The van der Waals surface area contributed by atoms with Gasteiger partial charge in [0.15, 0.2) is 18.2 Å². The molecule has 1 fully saturated rings. The molecule has 31 heavy (non-hydrogen) atoms. The highest BCUT2D eigenvalue weighted by molar-refractivity contribution is 6.31. The molecule has 0 unspecified atom stereocenters. The average Bonchev–Trinajstić information content (AvgIpc) is 3.20. The average molecular weight is 443 g/mol. The van der Waals surface area contributed by atoms with E-state index in [-0.39, 0.29) is 12.6 Å². The molecule has 2 aromatic carbocycles. The zero-order chi connectivity index (χ0) is 21.6. The minimum absolute atomic E-state index is 0.0473. The molecule has 4 rings (SSSR count). The Kier molecular flexibility index (Phi) is 7.22. The van der Waals surface area contributed by atoms with Crippen molar-refractivity contribution in [3.63, 3.8) is 0 Å². The monoisotopic (exact) mass is 442 g/mol. The van der Waals surface area contributed by atoms with Crippen molar-refractivity contribution in [1.82, 2.24) is 10.1 Å². The van der Waals surface area contributed by atoms with Gasteiger partial charge < -0.3 is 18.9 Å². The van der Waals surface area contributed by atoms with Crippen molar-refractivity contribution in [2.24, 2.45) is 0 Å². The standard InChI is InChI=1S/C24H27ClN2O4/c1-17(28)18-3-6-21(7-4-18)30-16-29-14-2-11-27-12-9-19(10-13-27)24-22-8-5-20(25)15-23(22)31-26-24/h3-8,15,19H,2,9-14,16H2,1H3. The summed E-state index contributed by atoms with van der Waals surface area (Å²) < 4.78 is 16.6. The maximum absolute atomic E-state index is 11.3. The Balaban J connectivity index is 1.13. The molecule has 7 heteroatoms. The fraction of sp³-hybridized carbons (Fsp3) is 0.417. The van der Waals surface area contributed by atoms with Gasteiger partial charge in [0.2, 0.25) is 0 Å². The van der Waals surface area contributed by atoms with E-state index in [9.17, 15) is 4.79 Å². The molecule has 0 bridgehead atoms. The number of carbonyl (C=O) groups excluding carboxylic acids is 1. The van der Waals surface area contributed by atoms with Crippen LogP contribution in [0, 0.1) is 0 Å². The van der Waals surface area contributed by atoms with Crippen LogP contribution in [0.5, 0.6) is 5.75 Å². The Morgan fingerprint density at radius 2 is 1.97 bits per heavy atom. The van der Waals surface area contributed by atoms with E-state index in [1.807, 2.05) is 18.2 Å². The number of ketones is 1. The molecule has 1 saturated heterocycles. The second-order valence-corrected chi connectivity index (χ2v) is 8.37. The summed E-state index contributed by atoms with van der Waals surface area (Å²) in [6.07, 6.45) is 3.11. The number of benzene rings is 2. The molecule has 0 saturated carbocycles. The topological polar surface area (TPSA) is 64.8 Å². The van der Waals surface area contributed by atoms with Gasteiger partial charge in [-0.25, -0.2) is 0 Å². The van der Waals surface area contributed by atoms with E-state index < -0.39 is 0 Å². The molecule has 2 heterocycles. The third-order valence-corrected chi connectivity index (χ3v) is 6.00. The Morgan fingerprint density at radius 3 is 2.71 bits per heavy atom. The number of halogens is 1. The minimum atomic E-state index is 0.0473. The molecule has 164 valence electrons. The molecule has 0 N–H and O–H groups in total. The molecule has 0 amide bonds. The van der Waals surface area contributed by atoms with E-state index in [0.29, 0.717) is 28.9 Å². The zero-order valence-electron chi connectivity index (χ0n) is 17.7. The van der Waals surface area contributed by atoms with Crippen LogP contribution >= 0.6 is 11.6 Å². The van der Waals surface area contributed by atoms with Crippen molar-refractivity contribution in [3.05, 3.63) is 58.7 Å². The molecule has 1 aliphatic rings. The van der Waals surface area contributed by atoms with Crippen molar-refractivity contribution in [2.45, 2.75) is 32.1 Å². The minimum Gasteiger partial charge on any atom is -0.468 e. The lowest BCUT2D eigenvalue weighted by molar-refractivity contribution is 0.0106. The summed E-state index contributed by atoms with van der Waals surface area (Å²) in [5.74, 6) is 1.18. The van der Waals surface area contributed by atoms with Crippen LogP contribution in [0.15, 0.2) is 47.0 Å². The number of hydrogen-bond acceptors (Lipinski definition) is 6. The van der Waals surface area contributed by atoms with Crippen LogP contribution in [0.2, 0.25) is 5.02 Å². The third-order valence-electron chi connectivity index (χ3n) is 5.77. The molecule has 0 radical (unpaired) electrons. The van der Waals surface area contributed by atoms with Crippen molar-refractivity contribution in [1.29, 1.82) is 0 Å². The summed E-state index contributed by atoms with van der Waals surface area (Å²) in [4.78, 5) is 13.8. The van der Waals surface area contributed by atoms with Gasteiger partial charge in [0, 0.05) is 34.5 Å². The summed E-state index contributed by atoms with van der Waals surface area (Å²) in [7, 11) is 0. The molecule has 1 aromatic heterocycles. The first-order valence-electron chi connectivity index (χ1n) is 10.7. The van der Waals surface area contributed by atoms with Gasteiger partial charge in [-0.2, -0.15) is 0 Å². The number of hydrogen-bond donors (Lipinski definition) is 0. The summed E-state index contributed by atoms with van der Waals surface area (Å²) >= 11 is 6.04. The SMILES string of the molecule is CC(=O)c1ccc(OCOCCCN2CCC(c3noc4cc(Cl)ccc34)CC2)cc1. The number of aromatic nitrogens is 1. The van der Waals surface area contributed by atoms with Gasteiger partial charge in [0.05, 0.1) is 12.3 Å². The number of ether oxygens (including phenoxy) is 2. The van der Waals surface area contributed by atoms with E-state index in [4.69, 9.17) is 25.6 Å². The van der Waals surface area contributed by atoms with E-state index >= 15 is 0 Å². The lowest BCUT2D eigenvalue weighted by atomic mass is 9.91. The third kappa shape index (κ3) is 5.64. The van der Waals surface area contributed by atoms with Crippen molar-refractivity contribution >= 4 is 28.4 Å². The molecule has 3 aromatic rings. The second-order valence-electron chi connectivity index (χ2n) is 7.93. The highest BCUT2D eigenvalue weighted by Gasteiger charge is 2.24. The van der Waals surface area contributed by atoms with Gasteiger partial charge in [0.25, 0.3) is 0 Å². The Hall–Kier alpha value is -2.41. The van der Waals surface area contributed by atoms with Crippen molar-refractivity contribution in [3.8, 4) is 5.75 Å². The highest BCUT2D eigenvalue weighted by Crippen LogP contribution is 2.33. The van der Waals surface area contributed by atoms with E-state index in [1.54, 1.807) is 31.2 Å². The number of Topliss-reactive ketones (excluding diaryl/α,β-unsaturated/α-hetero) is 1. The molecule has 1 aliphatic heterocycles. The quantitative estimate of drug-likeness (QED) is 0.254. The van der Waals surface area contributed by atoms with E-state index in [0.717, 1.165) is 55.6 Å². The van der Waals surface area contributed by atoms with Gasteiger partial charge in [-0.15, -0.1) is 0 Å². The Labute approximate surface area is 187 Å². The fourth-order valence-electron chi connectivity index (χ4n) is 4.00. The van der Waals surface area contributed by atoms with Crippen LogP contribution in [-0.4, -0.2) is 48.9 Å². The molecule has 0 aliphatic carbocycles. The van der Waals surface area contributed by atoms with Crippen molar-refractivity contribution < 1.29 is 18.8 Å². The van der Waals surface area contributed by atoms with Gasteiger partial charge in [-0.1, -0.05) is 16.8 Å². The normalized spacial score (nSPS) is 15.4. The highest BCUT2D eigenvalue weighted by atomic mass is 35.5. The number of fused-ring (bicyclic) bond motifs is 1. The van der Waals surface area contributed by atoms with Gasteiger partial charge in [0.1, 0.15) is 5.75 Å². The maximum Gasteiger partial charge on any atom is 0.189 e. The summed E-state index contributed by atoms with van der Waals surface area (Å²) in [5.41, 5.74) is 2.50. The van der Waals surface area contributed by atoms with Crippen LogP contribution in [0.25, 0.3) is 11.0 Å². The molecular weight excluding hydrogens is 416 g/mol. The van der Waals surface area contributed by atoms with Crippen molar-refractivity contribution in [2.75, 3.05) is 33.0 Å². The second kappa shape index (κ2) is 10.3. The zero-order valence-corrected chi connectivity index (χ0v) is 18.4. The number of carbonyl (C=O) groups is 1. The van der Waals surface area contributed by atoms with Crippen LogP contribution in [-0.2, 0) is 4.74 Å². The van der Waals surface area contributed by atoms with Gasteiger partial charge in [-0.3, -0.25) is 4.79 Å². The number of rotatable bonds is 9. The predicted octanol–water partition coefficient (Wildman–Crippen LogP) is 5.31. The smallest absolute Gasteiger partial charge is 0.189 e. The van der Waals surface area contributed by atoms with Crippen LogP contribution in [0.1, 0.15) is 48.2 Å². The Morgan fingerprint density at radius 1 is 1.19 bits per heavy atom. The van der Waals surface area contributed by atoms with Gasteiger partial charge in [-0.05, 0) is 75.7 Å². The van der Waals surface area contributed by atoms with E-state index in [1.165, 1.54) is 0 Å². The van der Waals surface area contributed by atoms with Crippen LogP contribution < -0.4 is 4.74 Å².